The van der Waals surface area contributed by atoms with Gasteiger partial charge in [-0.2, -0.15) is 16.9 Å². The number of nitrogens with zero attached hydrogens (tertiary/aromatic N) is 3. The highest BCUT2D eigenvalue weighted by molar-refractivity contribution is 7.98. The highest BCUT2D eigenvalue weighted by atomic mass is 32.2. The number of aryl methyl sites for hydroxylation is 1. The highest BCUT2D eigenvalue weighted by Crippen LogP contribution is 2.34. The summed E-state index contributed by atoms with van der Waals surface area (Å²) in [5.41, 5.74) is 0.922. The van der Waals surface area contributed by atoms with E-state index in [1.807, 2.05) is 25.1 Å². The van der Waals surface area contributed by atoms with Crippen molar-refractivity contribution in [1.82, 2.24) is 14.8 Å². The number of aliphatic hydroxyl groups excluding tert-OH is 1. The second-order valence-corrected chi connectivity index (χ2v) is 6.68. The number of hydrogen-bond donors (Lipinski definition) is 1. The van der Waals surface area contributed by atoms with Crippen molar-refractivity contribution in [2.75, 3.05) is 25.2 Å². The second kappa shape index (κ2) is 7.90. The van der Waals surface area contributed by atoms with Crippen molar-refractivity contribution in [3.63, 3.8) is 0 Å². The van der Waals surface area contributed by atoms with Crippen LogP contribution < -0.4 is 9.47 Å². The molecule has 0 fully saturated rings. The lowest BCUT2D eigenvalue weighted by Crippen LogP contribution is -2.17. The smallest absolute Gasteiger partial charge is 0.162 e. The van der Waals surface area contributed by atoms with Crippen LogP contribution in [0.15, 0.2) is 18.2 Å². The Morgan fingerprint density at radius 2 is 2.08 bits per heavy atom. The number of hydrogen-bond acceptors (Lipinski definition) is 6. The minimum Gasteiger partial charge on any atom is -0.486 e. The predicted molar refractivity (Wildman–Crippen MR) is 94.8 cm³/mol. The van der Waals surface area contributed by atoms with E-state index in [1.165, 1.54) is 0 Å². The Hall–Kier alpha value is -1.73. The molecule has 3 rings (SSSR count). The third-order valence-electron chi connectivity index (χ3n) is 3.90. The molecule has 0 amide bonds. The van der Waals surface area contributed by atoms with Gasteiger partial charge in [0.25, 0.3) is 0 Å². The monoisotopic (exact) mass is 349 g/mol. The number of aromatic nitrogens is 3. The number of thioether (sulfide) groups is 1. The maximum atomic E-state index is 10.0. The van der Waals surface area contributed by atoms with E-state index in [-0.39, 0.29) is 0 Å². The van der Waals surface area contributed by atoms with Gasteiger partial charge < -0.3 is 14.6 Å². The standard InChI is InChI=1S/C17H23N3O3S/c1-3-13(21)11-20-17(18-16(19-20)6-9-24-2)12-4-5-14-15(10-12)23-8-7-22-14/h4-5,10,13,21H,3,6-9,11H2,1-2H3/t13-/m1/s1. The number of aliphatic hydroxyl groups is 1. The van der Waals surface area contributed by atoms with Gasteiger partial charge >= 0.3 is 0 Å². The van der Waals surface area contributed by atoms with E-state index in [0.717, 1.165) is 40.9 Å². The van der Waals surface area contributed by atoms with Gasteiger partial charge in [-0.1, -0.05) is 6.92 Å². The molecule has 1 aliphatic heterocycles. The first-order valence-electron chi connectivity index (χ1n) is 8.22. The summed E-state index contributed by atoms with van der Waals surface area (Å²) < 4.78 is 13.0. The van der Waals surface area contributed by atoms with Crippen molar-refractivity contribution in [3.05, 3.63) is 24.0 Å². The summed E-state index contributed by atoms with van der Waals surface area (Å²) >= 11 is 1.77. The number of rotatable bonds is 7. The molecular formula is C17H23N3O3S. The summed E-state index contributed by atoms with van der Waals surface area (Å²) in [6.07, 6.45) is 3.13. The van der Waals surface area contributed by atoms with Crippen molar-refractivity contribution < 1.29 is 14.6 Å². The first-order chi connectivity index (χ1) is 11.7. The number of fused-ring (bicyclic) bond motifs is 1. The Balaban J connectivity index is 1.93. The minimum atomic E-state index is -0.434. The molecule has 7 heteroatoms. The molecule has 24 heavy (non-hydrogen) atoms. The Labute approximate surface area is 146 Å². The summed E-state index contributed by atoms with van der Waals surface area (Å²) in [5, 5.41) is 14.6. The number of ether oxygens (including phenoxy) is 2. The highest BCUT2D eigenvalue weighted by Gasteiger charge is 2.18. The molecule has 1 aromatic carbocycles. The lowest BCUT2D eigenvalue weighted by atomic mass is 10.1. The van der Waals surface area contributed by atoms with Crippen LogP contribution in [0.25, 0.3) is 11.4 Å². The molecule has 0 saturated heterocycles. The van der Waals surface area contributed by atoms with Gasteiger partial charge in [0, 0.05) is 17.7 Å². The normalized spacial score (nSPS) is 14.6. The van der Waals surface area contributed by atoms with Crippen LogP contribution in [0.4, 0.5) is 0 Å². The molecule has 130 valence electrons. The van der Waals surface area contributed by atoms with Crippen LogP contribution in [0.3, 0.4) is 0 Å². The lowest BCUT2D eigenvalue weighted by Gasteiger charge is -2.19. The van der Waals surface area contributed by atoms with E-state index < -0.39 is 6.10 Å². The predicted octanol–water partition coefficient (Wildman–Crippen LogP) is 2.39. The van der Waals surface area contributed by atoms with Crippen LogP contribution in [-0.4, -0.2) is 51.2 Å². The third kappa shape index (κ3) is 3.84. The molecule has 6 nitrogen and oxygen atoms in total. The molecule has 1 aliphatic rings. The summed E-state index contributed by atoms with van der Waals surface area (Å²) in [6, 6.07) is 5.80. The topological polar surface area (TPSA) is 69.4 Å². The van der Waals surface area contributed by atoms with E-state index in [2.05, 4.69) is 16.3 Å². The van der Waals surface area contributed by atoms with Crippen molar-refractivity contribution in [1.29, 1.82) is 0 Å². The number of benzene rings is 1. The van der Waals surface area contributed by atoms with Gasteiger partial charge in [-0.15, -0.1) is 0 Å². The average molecular weight is 349 g/mol. The van der Waals surface area contributed by atoms with Gasteiger partial charge in [0.05, 0.1) is 12.6 Å². The second-order valence-electron chi connectivity index (χ2n) is 5.70. The van der Waals surface area contributed by atoms with E-state index in [9.17, 15) is 5.11 Å². The molecule has 1 N–H and O–H groups in total. The average Bonchev–Trinajstić information content (AvgIpc) is 3.02. The summed E-state index contributed by atoms with van der Waals surface area (Å²) in [6.45, 7) is 3.52. The van der Waals surface area contributed by atoms with Gasteiger partial charge in [-0.3, -0.25) is 0 Å². The minimum absolute atomic E-state index is 0.434. The first kappa shape index (κ1) is 17.1. The molecule has 0 spiro atoms. The molecule has 0 radical (unpaired) electrons. The fraction of sp³-hybridized carbons (Fsp3) is 0.529. The zero-order valence-corrected chi connectivity index (χ0v) is 14.9. The summed E-state index contributed by atoms with van der Waals surface area (Å²) in [4.78, 5) is 4.69. The zero-order chi connectivity index (χ0) is 16.9. The Bertz CT molecular complexity index is 690. The molecule has 0 saturated carbocycles. The molecular weight excluding hydrogens is 326 g/mol. The van der Waals surface area contributed by atoms with Gasteiger partial charge in [-0.05, 0) is 30.9 Å². The van der Waals surface area contributed by atoms with Crippen molar-refractivity contribution >= 4 is 11.8 Å². The van der Waals surface area contributed by atoms with E-state index >= 15 is 0 Å². The van der Waals surface area contributed by atoms with Crippen molar-refractivity contribution in [2.45, 2.75) is 32.4 Å². The molecule has 2 aromatic rings. The van der Waals surface area contributed by atoms with Crippen LogP contribution in [0.2, 0.25) is 0 Å². The van der Waals surface area contributed by atoms with Gasteiger partial charge in [0.15, 0.2) is 23.1 Å². The van der Waals surface area contributed by atoms with Crippen molar-refractivity contribution in [3.8, 4) is 22.9 Å². The molecule has 0 unspecified atom stereocenters. The first-order valence-corrected chi connectivity index (χ1v) is 9.61. The van der Waals surface area contributed by atoms with Crippen LogP contribution in [0, 0.1) is 0 Å². The summed E-state index contributed by atoms with van der Waals surface area (Å²) in [5.74, 6) is 4.02. The van der Waals surface area contributed by atoms with Crippen molar-refractivity contribution in [2.24, 2.45) is 0 Å². The Kier molecular flexibility index (Phi) is 5.63. The van der Waals surface area contributed by atoms with Crippen LogP contribution >= 0.6 is 11.8 Å². The van der Waals surface area contributed by atoms with Gasteiger partial charge in [0.2, 0.25) is 0 Å². The Morgan fingerprint density at radius 3 is 2.83 bits per heavy atom. The Morgan fingerprint density at radius 1 is 1.29 bits per heavy atom. The maximum absolute atomic E-state index is 10.0. The summed E-state index contributed by atoms with van der Waals surface area (Å²) in [7, 11) is 0. The molecule has 1 aromatic heterocycles. The van der Waals surface area contributed by atoms with Gasteiger partial charge in [-0.25, -0.2) is 9.67 Å². The van der Waals surface area contributed by atoms with Gasteiger partial charge in [0.1, 0.15) is 13.2 Å². The zero-order valence-electron chi connectivity index (χ0n) is 14.1. The van der Waals surface area contributed by atoms with E-state index in [4.69, 9.17) is 9.47 Å². The molecule has 0 bridgehead atoms. The third-order valence-corrected chi connectivity index (χ3v) is 4.51. The fourth-order valence-electron chi connectivity index (χ4n) is 2.54. The largest absolute Gasteiger partial charge is 0.486 e. The van der Waals surface area contributed by atoms with E-state index in [1.54, 1.807) is 16.4 Å². The lowest BCUT2D eigenvalue weighted by molar-refractivity contribution is 0.145. The quantitative estimate of drug-likeness (QED) is 0.828. The molecule has 2 heterocycles. The van der Waals surface area contributed by atoms with Crippen LogP contribution in [0.1, 0.15) is 19.2 Å². The van der Waals surface area contributed by atoms with Crippen LogP contribution in [-0.2, 0) is 13.0 Å². The molecule has 1 atom stereocenters. The van der Waals surface area contributed by atoms with Crippen LogP contribution in [0.5, 0.6) is 11.5 Å². The molecule has 0 aliphatic carbocycles. The van der Waals surface area contributed by atoms with E-state index in [0.29, 0.717) is 26.2 Å². The SMILES string of the molecule is CC[C@@H](O)Cn1nc(CCSC)nc1-c1ccc2c(c1)OCCO2. The maximum Gasteiger partial charge on any atom is 0.162 e. The fourth-order valence-corrected chi connectivity index (χ4v) is 2.93.